The van der Waals surface area contributed by atoms with Crippen molar-refractivity contribution < 1.29 is 4.79 Å². The van der Waals surface area contributed by atoms with Crippen molar-refractivity contribution in [3.8, 4) is 0 Å². The van der Waals surface area contributed by atoms with E-state index >= 15 is 0 Å². The molecule has 0 heterocycles. The second-order valence-corrected chi connectivity index (χ2v) is 6.78. The Morgan fingerprint density at radius 1 is 1.25 bits per heavy atom. The van der Waals surface area contributed by atoms with Gasteiger partial charge < -0.3 is 4.90 Å². The van der Waals surface area contributed by atoms with E-state index in [1.54, 1.807) is 0 Å². The summed E-state index contributed by atoms with van der Waals surface area (Å²) in [4.78, 5) is 14.7. The van der Waals surface area contributed by atoms with Crippen LogP contribution in [0.1, 0.15) is 59.9 Å². The highest BCUT2D eigenvalue weighted by Gasteiger charge is 2.25. The molecule has 0 radical (unpaired) electrons. The Balaban J connectivity index is 3.08. The Bertz CT molecular complexity index is 445. The maximum Gasteiger partial charge on any atom is 0.227 e. The van der Waals surface area contributed by atoms with Crippen LogP contribution in [0.25, 0.3) is 0 Å². The van der Waals surface area contributed by atoms with Gasteiger partial charge in [-0.3, -0.25) is 4.79 Å². The van der Waals surface area contributed by atoms with Crippen molar-refractivity contribution in [2.24, 2.45) is 5.41 Å². The van der Waals surface area contributed by atoms with Gasteiger partial charge in [0.05, 0.1) is 0 Å². The Hall–Kier alpha value is -1.31. The molecule has 1 unspecified atom stereocenters. The summed E-state index contributed by atoms with van der Waals surface area (Å²) in [6.07, 6.45) is 2.54. The lowest BCUT2D eigenvalue weighted by molar-refractivity contribution is -0.120. The van der Waals surface area contributed by atoms with Gasteiger partial charge in [0.1, 0.15) is 0 Å². The van der Waals surface area contributed by atoms with Gasteiger partial charge in [-0.1, -0.05) is 46.8 Å². The van der Waals surface area contributed by atoms with E-state index in [9.17, 15) is 4.79 Å². The molecule has 0 saturated carbocycles. The van der Waals surface area contributed by atoms with Crippen molar-refractivity contribution in [3.63, 3.8) is 0 Å². The lowest BCUT2D eigenvalue weighted by atomic mass is 9.91. The first kappa shape index (κ1) is 16.7. The summed E-state index contributed by atoms with van der Waals surface area (Å²) in [6.45, 7) is 12.7. The zero-order valence-corrected chi connectivity index (χ0v) is 13.9. The largest absolute Gasteiger partial charge is 0.310 e. The van der Waals surface area contributed by atoms with Gasteiger partial charge in [0.15, 0.2) is 0 Å². The minimum absolute atomic E-state index is 0.0190. The van der Waals surface area contributed by atoms with E-state index in [2.05, 4.69) is 53.7 Å². The highest BCUT2D eigenvalue weighted by atomic mass is 16.2. The first-order chi connectivity index (χ1) is 9.28. The van der Waals surface area contributed by atoms with Crippen molar-refractivity contribution in [1.82, 2.24) is 0 Å². The molecule has 0 N–H and O–H groups in total. The molecule has 1 rings (SSSR count). The molecule has 1 amide bonds. The number of benzene rings is 1. The fourth-order valence-corrected chi connectivity index (χ4v) is 2.29. The molecule has 0 saturated heterocycles. The third-order valence-electron chi connectivity index (χ3n) is 3.58. The number of rotatable bonds is 5. The Morgan fingerprint density at radius 3 is 2.40 bits per heavy atom. The highest BCUT2D eigenvalue weighted by Crippen LogP contribution is 2.26. The van der Waals surface area contributed by atoms with Gasteiger partial charge in [0, 0.05) is 18.2 Å². The van der Waals surface area contributed by atoms with Crippen LogP contribution < -0.4 is 4.90 Å². The summed E-state index contributed by atoms with van der Waals surface area (Å²) in [5, 5.41) is 0. The number of hydrogen-bond donors (Lipinski definition) is 0. The number of nitrogens with zero attached hydrogens (tertiary/aromatic N) is 1. The number of anilines is 1. The predicted octanol–water partition coefficient (Wildman–Crippen LogP) is 4.82. The second kappa shape index (κ2) is 6.92. The van der Waals surface area contributed by atoms with Gasteiger partial charge in [0.25, 0.3) is 0 Å². The second-order valence-electron chi connectivity index (χ2n) is 6.78. The molecule has 20 heavy (non-hydrogen) atoms. The zero-order valence-electron chi connectivity index (χ0n) is 13.9. The quantitative estimate of drug-likeness (QED) is 0.754. The molecule has 2 nitrogen and oxygen atoms in total. The lowest BCUT2D eigenvalue weighted by Gasteiger charge is -2.31. The Labute approximate surface area is 124 Å². The van der Waals surface area contributed by atoms with E-state index in [-0.39, 0.29) is 17.4 Å². The van der Waals surface area contributed by atoms with Crippen molar-refractivity contribution >= 4 is 11.6 Å². The maximum atomic E-state index is 12.7. The minimum Gasteiger partial charge on any atom is -0.310 e. The van der Waals surface area contributed by atoms with Crippen LogP contribution in [-0.2, 0) is 11.2 Å². The molecule has 1 aromatic rings. The summed E-state index contributed by atoms with van der Waals surface area (Å²) in [6, 6.07) is 8.59. The van der Waals surface area contributed by atoms with Crippen molar-refractivity contribution in [2.45, 2.75) is 66.8 Å². The first-order valence-corrected chi connectivity index (χ1v) is 7.69. The van der Waals surface area contributed by atoms with Crippen LogP contribution in [0.15, 0.2) is 24.3 Å². The first-order valence-electron chi connectivity index (χ1n) is 7.69. The van der Waals surface area contributed by atoms with Crippen molar-refractivity contribution in [3.05, 3.63) is 29.8 Å². The number of carbonyl (C=O) groups is 1. The van der Waals surface area contributed by atoms with E-state index in [0.717, 1.165) is 18.5 Å². The molecular weight excluding hydrogens is 246 g/mol. The van der Waals surface area contributed by atoms with Crippen LogP contribution in [0.2, 0.25) is 0 Å². The predicted molar refractivity (Wildman–Crippen MR) is 87.1 cm³/mol. The van der Waals surface area contributed by atoms with Gasteiger partial charge in [-0.05, 0) is 42.9 Å². The number of aryl methyl sites for hydroxylation is 1. The van der Waals surface area contributed by atoms with Gasteiger partial charge in [-0.2, -0.15) is 0 Å². The van der Waals surface area contributed by atoms with Gasteiger partial charge in [-0.25, -0.2) is 0 Å². The van der Waals surface area contributed by atoms with E-state index in [0.29, 0.717) is 6.42 Å². The topological polar surface area (TPSA) is 20.3 Å². The zero-order chi connectivity index (χ0) is 15.3. The summed E-state index contributed by atoms with van der Waals surface area (Å²) in [7, 11) is 0. The van der Waals surface area contributed by atoms with Crippen LogP contribution >= 0.6 is 0 Å². The summed E-state index contributed by atoms with van der Waals surface area (Å²) in [5.74, 6) is 0.222. The number of carbonyl (C=O) groups excluding carboxylic acids is 1. The fraction of sp³-hybridized carbons (Fsp3) is 0.611. The molecule has 0 aromatic heterocycles. The van der Waals surface area contributed by atoms with Gasteiger partial charge in [-0.15, -0.1) is 0 Å². The molecule has 0 aliphatic carbocycles. The summed E-state index contributed by atoms with van der Waals surface area (Å²) in [5.41, 5.74) is 2.33. The molecule has 0 spiro atoms. The minimum atomic E-state index is 0.0190. The van der Waals surface area contributed by atoms with E-state index in [4.69, 9.17) is 0 Å². The standard InChI is InChI=1S/C18H29NO/c1-7-14(3)19(17(20)13-18(4,5)6)16-11-9-10-15(8-2)12-16/h9-12,14H,7-8,13H2,1-6H3. The average Bonchev–Trinajstić information content (AvgIpc) is 2.36. The van der Waals surface area contributed by atoms with Crippen LogP contribution in [0.4, 0.5) is 5.69 Å². The van der Waals surface area contributed by atoms with E-state index < -0.39 is 0 Å². The SMILES string of the molecule is CCc1cccc(N(C(=O)CC(C)(C)C)C(C)CC)c1. The van der Waals surface area contributed by atoms with Gasteiger partial charge >= 0.3 is 0 Å². The molecular formula is C18H29NO. The lowest BCUT2D eigenvalue weighted by Crippen LogP contribution is -2.40. The molecule has 1 aromatic carbocycles. The Kier molecular flexibility index (Phi) is 5.79. The normalized spacial score (nSPS) is 13.1. The van der Waals surface area contributed by atoms with Crippen LogP contribution in [0.5, 0.6) is 0 Å². The van der Waals surface area contributed by atoms with Crippen molar-refractivity contribution in [2.75, 3.05) is 4.90 Å². The average molecular weight is 275 g/mol. The number of amides is 1. The van der Waals surface area contributed by atoms with Gasteiger partial charge in [0.2, 0.25) is 5.91 Å². The van der Waals surface area contributed by atoms with Crippen LogP contribution in [-0.4, -0.2) is 11.9 Å². The fourth-order valence-electron chi connectivity index (χ4n) is 2.29. The number of hydrogen-bond acceptors (Lipinski definition) is 1. The van der Waals surface area contributed by atoms with Crippen LogP contribution in [0, 0.1) is 5.41 Å². The molecule has 0 aliphatic heterocycles. The molecule has 0 fully saturated rings. The smallest absolute Gasteiger partial charge is 0.227 e. The molecule has 2 heteroatoms. The third kappa shape index (κ3) is 4.66. The van der Waals surface area contributed by atoms with E-state index in [1.165, 1.54) is 5.56 Å². The van der Waals surface area contributed by atoms with E-state index in [1.807, 2.05) is 17.0 Å². The third-order valence-corrected chi connectivity index (χ3v) is 3.58. The maximum absolute atomic E-state index is 12.7. The molecule has 112 valence electrons. The molecule has 1 atom stereocenters. The summed E-state index contributed by atoms with van der Waals surface area (Å²) < 4.78 is 0. The summed E-state index contributed by atoms with van der Waals surface area (Å²) >= 11 is 0. The highest BCUT2D eigenvalue weighted by molar-refractivity contribution is 5.94. The molecule has 0 bridgehead atoms. The molecule has 0 aliphatic rings. The monoisotopic (exact) mass is 275 g/mol. The van der Waals surface area contributed by atoms with Crippen molar-refractivity contribution in [1.29, 1.82) is 0 Å². The van der Waals surface area contributed by atoms with Crippen LogP contribution in [0.3, 0.4) is 0 Å². The Morgan fingerprint density at radius 2 is 1.90 bits per heavy atom.